The van der Waals surface area contributed by atoms with Crippen molar-refractivity contribution in [2.24, 2.45) is 0 Å². The molecular weight excluding hydrogens is 218 g/mol. The number of rotatable bonds is 5. The van der Waals surface area contributed by atoms with Gasteiger partial charge in [-0.05, 0) is 12.1 Å². The van der Waals surface area contributed by atoms with E-state index < -0.39 is 0 Å². The average molecular weight is 233 g/mol. The third-order valence-corrected chi connectivity index (χ3v) is 2.53. The zero-order valence-corrected chi connectivity index (χ0v) is 9.64. The van der Waals surface area contributed by atoms with Crippen LogP contribution in [0.15, 0.2) is 41.2 Å². The lowest BCUT2D eigenvalue weighted by atomic mass is 10.2. The molecule has 0 aliphatic carbocycles. The number of aromatic hydroxyl groups is 1. The van der Waals surface area contributed by atoms with Crippen LogP contribution in [0.2, 0.25) is 0 Å². The Labute approximate surface area is 99.8 Å². The van der Waals surface area contributed by atoms with Gasteiger partial charge in [-0.2, -0.15) is 0 Å². The summed E-state index contributed by atoms with van der Waals surface area (Å²) in [6, 6.07) is 7.35. The number of phenols is 1. The van der Waals surface area contributed by atoms with E-state index in [1.165, 1.54) is 7.11 Å². The summed E-state index contributed by atoms with van der Waals surface area (Å²) in [4.78, 5) is 0. The molecule has 0 amide bonds. The number of benzene rings is 1. The second-order valence-corrected chi connectivity index (χ2v) is 3.70. The first-order valence-electron chi connectivity index (χ1n) is 5.38. The van der Waals surface area contributed by atoms with Crippen LogP contribution in [0.4, 0.5) is 0 Å². The lowest BCUT2D eigenvalue weighted by molar-refractivity contribution is 0.369. The van der Waals surface area contributed by atoms with Crippen molar-refractivity contribution in [3.63, 3.8) is 0 Å². The van der Waals surface area contributed by atoms with Gasteiger partial charge in [-0.1, -0.05) is 12.1 Å². The first-order valence-corrected chi connectivity index (χ1v) is 5.38. The number of phenolic OH excluding ortho intramolecular Hbond substituents is 1. The second-order valence-electron chi connectivity index (χ2n) is 3.70. The van der Waals surface area contributed by atoms with Crippen molar-refractivity contribution in [1.29, 1.82) is 0 Å². The predicted molar refractivity (Wildman–Crippen MR) is 63.9 cm³/mol. The number of para-hydroxylation sites is 1. The van der Waals surface area contributed by atoms with Gasteiger partial charge in [0.25, 0.3) is 0 Å². The second kappa shape index (κ2) is 5.41. The van der Waals surface area contributed by atoms with Crippen LogP contribution in [0.1, 0.15) is 11.1 Å². The normalized spacial score (nSPS) is 10.4. The molecule has 0 spiro atoms. The Balaban J connectivity index is 1.95. The Morgan fingerprint density at radius 3 is 2.88 bits per heavy atom. The number of hydrogen-bond acceptors (Lipinski definition) is 4. The van der Waals surface area contributed by atoms with Gasteiger partial charge >= 0.3 is 0 Å². The van der Waals surface area contributed by atoms with Crippen LogP contribution in [0.25, 0.3) is 0 Å². The van der Waals surface area contributed by atoms with E-state index in [9.17, 15) is 5.11 Å². The molecule has 17 heavy (non-hydrogen) atoms. The summed E-state index contributed by atoms with van der Waals surface area (Å²) in [6.45, 7) is 1.28. The molecule has 0 fully saturated rings. The van der Waals surface area contributed by atoms with Crippen LogP contribution < -0.4 is 10.1 Å². The zero-order chi connectivity index (χ0) is 12.1. The van der Waals surface area contributed by atoms with Gasteiger partial charge in [-0.3, -0.25) is 0 Å². The van der Waals surface area contributed by atoms with Crippen LogP contribution in [0.5, 0.6) is 11.5 Å². The van der Waals surface area contributed by atoms with Crippen molar-refractivity contribution in [3.8, 4) is 11.5 Å². The Bertz CT molecular complexity index is 466. The first-order chi connectivity index (χ1) is 8.31. The van der Waals surface area contributed by atoms with E-state index in [1.54, 1.807) is 18.6 Å². The first kappa shape index (κ1) is 11.5. The van der Waals surface area contributed by atoms with Gasteiger partial charge < -0.3 is 19.6 Å². The van der Waals surface area contributed by atoms with Gasteiger partial charge in [0.1, 0.15) is 0 Å². The van der Waals surface area contributed by atoms with E-state index in [-0.39, 0.29) is 5.75 Å². The molecule has 0 aliphatic heterocycles. The quantitative estimate of drug-likeness (QED) is 0.832. The Morgan fingerprint density at radius 1 is 1.29 bits per heavy atom. The van der Waals surface area contributed by atoms with Crippen molar-refractivity contribution >= 4 is 0 Å². The predicted octanol–water partition coefficient (Wildman–Crippen LogP) is 2.28. The molecule has 2 N–H and O–H groups in total. The summed E-state index contributed by atoms with van der Waals surface area (Å²) < 4.78 is 10.0. The maximum absolute atomic E-state index is 9.86. The fourth-order valence-electron chi connectivity index (χ4n) is 1.61. The van der Waals surface area contributed by atoms with Crippen LogP contribution in [-0.2, 0) is 13.1 Å². The molecule has 4 nitrogen and oxygen atoms in total. The van der Waals surface area contributed by atoms with Crippen LogP contribution in [0.3, 0.4) is 0 Å². The fraction of sp³-hybridized carbons (Fsp3) is 0.231. The minimum absolute atomic E-state index is 0.190. The Kier molecular flexibility index (Phi) is 3.67. The third kappa shape index (κ3) is 2.79. The summed E-state index contributed by atoms with van der Waals surface area (Å²) in [7, 11) is 1.54. The van der Waals surface area contributed by atoms with Crippen molar-refractivity contribution in [2.45, 2.75) is 13.1 Å². The van der Waals surface area contributed by atoms with Gasteiger partial charge in [-0.15, -0.1) is 0 Å². The van der Waals surface area contributed by atoms with Crippen LogP contribution >= 0.6 is 0 Å². The van der Waals surface area contributed by atoms with E-state index in [0.29, 0.717) is 18.8 Å². The van der Waals surface area contributed by atoms with Crippen LogP contribution in [0, 0.1) is 0 Å². The highest BCUT2D eigenvalue weighted by atomic mass is 16.5. The van der Waals surface area contributed by atoms with E-state index in [0.717, 1.165) is 11.1 Å². The summed E-state index contributed by atoms with van der Waals surface area (Å²) in [5.74, 6) is 0.683. The van der Waals surface area contributed by atoms with E-state index in [2.05, 4.69) is 5.32 Å². The molecule has 1 aromatic heterocycles. The number of hydrogen-bond donors (Lipinski definition) is 2. The molecule has 0 saturated heterocycles. The van der Waals surface area contributed by atoms with Gasteiger partial charge in [0.05, 0.1) is 19.6 Å². The molecule has 0 bridgehead atoms. The lowest BCUT2D eigenvalue weighted by Gasteiger charge is -2.09. The average Bonchev–Trinajstić information content (AvgIpc) is 2.84. The standard InChI is InChI=1S/C13H15NO3/c1-16-12-4-2-3-11(13(12)15)8-14-7-10-5-6-17-9-10/h2-6,9,14-15H,7-8H2,1H3. The number of methoxy groups -OCH3 is 1. The number of furan rings is 1. The molecule has 4 heteroatoms. The summed E-state index contributed by atoms with van der Waals surface area (Å²) in [6.07, 6.45) is 3.33. The number of ether oxygens (including phenoxy) is 1. The Hall–Kier alpha value is -1.94. The molecular formula is C13H15NO3. The van der Waals surface area contributed by atoms with Gasteiger partial charge in [-0.25, -0.2) is 0 Å². The van der Waals surface area contributed by atoms with E-state index in [4.69, 9.17) is 9.15 Å². The zero-order valence-electron chi connectivity index (χ0n) is 9.64. The molecule has 0 saturated carbocycles. The van der Waals surface area contributed by atoms with Crippen LogP contribution in [-0.4, -0.2) is 12.2 Å². The highest BCUT2D eigenvalue weighted by molar-refractivity contribution is 5.45. The van der Waals surface area contributed by atoms with Crippen molar-refractivity contribution in [2.75, 3.05) is 7.11 Å². The van der Waals surface area contributed by atoms with Gasteiger partial charge in [0.15, 0.2) is 11.5 Å². The highest BCUT2D eigenvalue weighted by Gasteiger charge is 2.06. The van der Waals surface area contributed by atoms with Crippen molar-refractivity contribution in [3.05, 3.63) is 47.9 Å². The lowest BCUT2D eigenvalue weighted by Crippen LogP contribution is -2.12. The molecule has 0 unspecified atom stereocenters. The van der Waals surface area contributed by atoms with E-state index in [1.807, 2.05) is 18.2 Å². The molecule has 1 aromatic carbocycles. The van der Waals surface area contributed by atoms with Gasteiger partial charge in [0, 0.05) is 24.2 Å². The van der Waals surface area contributed by atoms with Crippen molar-refractivity contribution < 1.29 is 14.3 Å². The largest absolute Gasteiger partial charge is 0.504 e. The topological polar surface area (TPSA) is 54.6 Å². The maximum atomic E-state index is 9.86. The van der Waals surface area contributed by atoms with E-state index >= 15 is 0 Å². The molecule has 1 heterocycles. The summed E-state index contributed by atoms with van der Waals surface area (Å²) in [5, 5.41) is 13.1. The summed E-state index contributed by atoms with van der Waals surface area (Å²) >= 11 is 0. The van der Waals surface area contributed by atoms with Crippen molar-refractivity contribution in [1.82, 2.24) is 5.32 Å². The van der Waals surface area contributed by atoms with Gasteiger partial charge in [0.2, 0.25) is 0 Å². The Morgan fingerprint density at radius 2 is 2.18 bits per heavy atom. The molecule has 0 atom stereocenters. The molecule has 90 valence electrons. The maximum Gasteiger partial charge on any atom is 0.162 e. The monoisotopic (exact) mass is 233 g/mol. The highest BCUT2D eigenvalue weighted by Crippen LogP contribution is 2.29. The number of nitrogens with one attached hydrogen (secondary N) is 1. The molecule has 2 rings (SSSR count). The third-order valence-electron chi connectivity index (χ3n) is 2.53. The fourth-order valence-corrected chi connectivity index (χ4v) is 1.61. The SMILES string of the molecule is COc1cccc(CNCc2ccoc2)c1O. The minimum atomic E-state index is 0.190. The molecule has 0 aliphatic rings. The smallest absolute Gasteiger partial charge is 0.162 e. The molecule has 2 aromatic rings. The molecule has 0 radical (unpaired) electrons. The summed E-state index contributed by atoms with van der Waals surface area (Å²) in [5.41, 5.74) is 1.89. The minimum Gasteiger partial charge on any atom is -0.504 e.